The Morgan fingerprint density at radius 3 is 3.00 bits per heavy atom. The first-order valence-corrected chi connectivity index (χ1v) is 7.01. The third kappa shape index (κ3) is 2.87. The van der Waals surface area contributed by atoms with E-state index >= 15 is 0 Å². The lowest BCUT2D eigenvalue weighted by Crippen LogP contribution is -2.52. The van der Waals surface area contributed by atoms with Crippen molar-refractivity contribution in [2.45, 2.75) is 45.2 Å². The van der Waals surface area contributed by atoms with Crippen LogP contribution in [0.3, 0.4) is 0 Å². The summed E-state index contributed by atoms with van der Waals surface area (Å²) in [5, 5.41) is 0. The molecule has 4 heteroatoms. The molecule has 0 spiro atoms. The van der Waals surface area contributed by atoms with E-state index in [9.17, 15) is 4.79 Å². The van der Waals surface area contributed by atoms with E-state index in [1.54, 1.807) is 0 Å². The van der Waals surface area contributed by atoms with Crippen molar-refractivity contribution in [3.63, 3.8) is 0 Å². The van der Waals surface area contributed by atoms with Crippen LogP contribution in [0.4, 0.5) is 0 Å². The summed E-state index contributed by atoms with van der Waals surface area (Å²) in [5.74, 6) is 0.122. The van der Waals surface area contributed by atoms with Gasteiger partial charge in [0.05, 0.1) is 6.04 Å². The fraction of sp³-hybridized carbons (Fsp3) is 0.615. The van der Waals surface area contributed by atoms with Crippen molar-refractivity contribution < 1.29 is 4.79 Å². The summed E-state index contributed by atoms with van der Waals surface area (Å²) in [6.07, 6.45) is 2.80. The maximum absolute atomic E-state index is 12.0. The van der Waals surface area contributed by atoms with Crippen LogP contribution in [0.1, 0.15) is 29.5 Å². The van der Waals surface area contributed by atoms with E-state index in [1.165, 1.54) is 9.75 Å². The van der Waals surface area contributed by atoms with Crippen molar-refractivity contribution in [3.05, 3.63) is 21.9 Å². The Kier molecular flexibility index (Phi) is 3.84. The van der Waals surface area contributed by atoms with Crippen molar-refractivity contribution in [2.24, 2.45) is 5.73 Å². The number of thiophene rings is 1. The normalized spacial score (nSPS) is 22.9. The first-order chi connectivity index (χ1) is 8.08. The average Bonchev–Trinajstić information content (AvgIpc) is 2.68. The molecule has 2 N–H and O–H groups in total. The van der Waals surface area contributed by atoms with Gasteiger partial charge < -0.3 is 10.6 Å². The number of amides is 1. The molecular formula is C13H20N2OS. The van der Waals surface area contributed by atoms with Crippen molar-refractivity contribution in [1.82, 2.24) is 4.90 Å². The van der Waals surface area contributed by atoms with Crippen molar-refractivity contribution in [2.75, 3.05) is 6.54 Å². The monoisotopic (exact) mass is 252 g/mol. The lowest BCUT2D eigenvalue weighted by Gasteiger charge is -2.35. The molecule has 1 amide bonds. The summed E-state index contributed by atoms with van der Waals surface area (Å²) in [5.41, 5.74) is 5.82. The summed E-state index contributed by atoms with van der Waals surface area (Å²) < 4.78 is 0. The molecule has 1 fully saturated rings. The second-order valence-electron chi connectivity index (χ2n) is 4.85. The number of nitrogens with zero attached hydrogens (tertiary/aromatic N) is 1. The molecule has 2 heterocycles. The molecule has 17 heavy (non-hydrogen) atoms. The first-order valence-electron chi connectivity index (χ1n) is 6.19. The fourth-order valence-corrected chi connectivity index (χ4v) is 3.37. The second-order valence-corrected chi connectivity index (χ2v) is 6.22. The zero-order valence-electron chi connectivity index (χ0n) is 10.5. The highest BCUT2D eigenvalue weighted by atomic mass is 32.1. The molecule has 1 aromatic heterocycles. The number of nitrogens with two attached hydrogens (primary N) is 1. The third-order valence-electron chi connectivity index (χ3n) is 3.34. The number of hydrogen-bond acceptors (Lipinski definition) is 3. The molecule has 1 aliphatic heterocycles. The highest BCUT2D eigenvalue weighted by molar-refractivity contribution is 7.11. The van der Waals surface area contributed by atoms with Crippen LogP contribution < -0.4 is 5.73 Å². The smallest absolute Gasteiger partial charge is 0.239 e. The minimum absolute atomic E-state index is 0.122. The van der Waals surface area contributed by atoms with E-state index in [0.29, 0.717) is 0 Å². The van der Waals surface area contributed by atoms with Crippen LogP contribution >= 0.6 is 11.3 Å². The maximum atomic E-state index is 12.0. The SMILES string of the molecule is Cc1ccc(CC(C)N2CCCC(N)C2=O)s1. The molecule has 1 saturated heterocycles. The van der Waals surface area contributed by atoms with Gasteiger partial charge in [0, 0.05) is 28.8 Å². The number of carbonyl (C=O) groups excluding carboxylic acids is 1. The largest absolute Gasteiger partial charge is 0.338 e. The number of likely N-dealkylation sites (tertiary alicyclic amines) is 1. The summed E-state index contributed by atoms with van der Waals surface area (Å²) in [6.45, 7) is 5.09. The molecule has 1 aliphatic rings. The van der Waals surface area contributed by atoms with Crippen LogP contribution in [0.15, 0.2) is 12.1 Å². The zero-order valence-corrected chi connectivity index (χ0v) is 11.3. The van der Waals surface area contributed by atoms with Gasteiger partial charge >= 0.3 is 0 Å². The van der Waals surface area contributed by atoms with E-state index in [0.717, 1.165) is 25.8 Å². The molecule has 2 unspecified atom stereocenters. The molecular weight excluding hydrogens is 232 g/mol. The Bertz CT molecular complexity index is 402. The number of rotatable bonds is 3. The standard InChI is InChI=1S/C13H20N2OS/c1-9(8-11-6-5-10(2)17-11)15-7-3-4-12(14)13(15)16/h5-6,9,12H,3-4,7-8,14H2,1-2H3. The predicted molar refractivity (Wildman–Crippen MR) is 71.1 cm³/mol. The minimum atomic E-state index is -0.281. The molecule has 2 atom stereocenters. The summed E-state index contributed by atoms with van der Waals surface area (Å²) in [6, 6.07) is 4.27. The average molecular weight is 252 g/mol. The molecule has 0 saturated carbocycles. The quantitative estimate of drug-likeness (QED) is 0.893. The van der Waals surface area contributed by atoms with E-state index < -0.39 is 0 Å². The van der Waals surface area contributed by atoms with Gasteiger partial charge in [0.15, 0.2) is 0 Å². The Morgan fingerprint density at radius 1 is 1.59 bits per heavy atom. The van der Waals surface area contributed by atoms with Crippen LogP contribution in [0, 0.1) is 6.92 Å². The van der Waals surface area contributed by atoms with Crippen molar-refractivity contribution in [3.8, 4) is 0 Å². The maximum Gasteiger partial charge on any atom is 0.239 e. The number of piperidine rings is 1. The van der Waals surface area contributed by atoms with Gasteiger partial charge in [-0.3, -0.25) is 4.79 Å². The van der Waals surface area contributed by atoms with Crippen LogP contribution in [0.2, 0.25) is 0 Å². The van der Waals surface area contributed by atoms with Crippen LogP contribution in [0.25, 0.3) is 0 Å². The van der Waals surface area contributed by atoms with Gasteiger partial charge in [0.25, 0.3) is 0 Å². The van der Waals surface area contributed by atoms with E-state index in [-0.39, 0.29) is 18.0 Å². The first kappa shape index (κ1) is 12.6. The number of carbonyl (C=O) groups is 1. The molecule has 0 aliphatic carbocycles. The van der Waals surface area contributed by atoms with Gasteiger partial charge in [-0.05, 0) is 38.8 Å². The van der Waals surface area contributed by atoms with Crippen LogP contribution in [-0.2, 0) is 11.2 Å². The van der Waals surface area contributed by atoms with Crippen molar-refractivity contribution >= 4 is 17.2 Å². The Labute approximate surface area is 107 Å². The highest BCUT2D eigenvalue weighted by Gasteiger charge is 2.29. The van der Waals surface area contributed by atoms with Gasteiger partial charge in [-0.25, -0.2) is 0 Å². The van der Waals surface area contributed by atoms with E-state index in [1.807, 2.05) is 16.2 Å². The number of aryl methyl sites for hydroxylation is 1. The van der Waals surface area contributed by atoms with Gasteiger partial charge in [0.2, 0.25) is 5.91 Å². The fourth-order valence-electron chi connectivity index (χ4n) is 2.36. The lowest BCUT2D eigenvalue weighted by molar-refractivity contribution is -0.137. The molecule has 3 nitrogen and oxygen atoms in total. The molecule has 1 aromatic rings. The number of hydrogen-bond donors (Lipinski definition) is 1. The second kappa shape index (κ2) is 5.19. The van der Waals surface area contributed by atoms with Gasteiger partial charge in [-0.1, -0.05) is 0 Å². The Hall–Kier alpha value is -0.870. The molecule has 2 rings (SSSR count). The van der Waals surface area contributed by atoms with E-state index in [2.05, 4.69) is 26.0 Å². The van der Waals surface area contributed by atoms with Gasteiger partial charge in [0.1, 0.15) is 0 Å². The van der Waals surface area contributed by atoms with Gasteiger partial charge in [-0.2, -0.15) is 0 Å². The molecule has 0 bridgehead atoms. The minimum Gasteiger partial charge on any atom is -0.338 e. The van der Waals surface area contributed by atoms with Crippen LogP contribution in [0.5, 0.6) is 0 Å². The Balaban J connectivity index is 1.99. The summed E-state index contributed by atoms with van der Waals surface area (Å²) >= 11 is 1.81. The highest BCUT2D eigenvalue weighted by Crippen LogP contribution is 2.21. The summed E-state index contributed by atoms with van der Waals surface area (Å²) in [7, 11) is 0. The molecule has 0 aromatic carbocycles. The third-order valence-corrected chi connectivity index (χ3v) is 4.36. The zero-order chi connectivity index (χ0) is 12.4. The topological polar surface area (TPSA) is 46.3 Å². The molecule has 94 valence electrons. The van der Waals surface area contributed by atoms with E-state index in [4.69, 9.17) is 5.73 Å². The van der Waals surface area contributed by atoms with Crippen LogP contribution in [-0.4, -0.2) is 29.4 Å². The Morgan fingerprint density at radius 2 is 2.35 bits per heavy atom. The summed E-state index contributed by atoms with van der Waals surface area (Å²) in [4.78, 5) is 16.6. The molecule has 0 radical (unpaired) electrons. The lowest BCUT2D eigenvalue weighted by atomic mass is 10.0. The van der Waals surface area contributed by atoms with Crippen molar-refractivity contribution in [1.29, 1.82) is 0 Å². The predicted octanol–water partition coefficient (Wildman–Crippen LogP) is 1.94. The van der Waals surface area contributed by atoms with Gasteiger partial charge in [-0.15, -0.1) is 11.3 Å².